The minimum absolute atomic E-state index is 0.154. The molecule has 1 N–H and O–H groups in total. The molecule has 16 heavy (non-hydrogen) atoms. The molecular formula is C14H19NO. The first-order valence-corrected chi connectivity index (χ1v) is 6.25. The van der Waals surface area contributed by atoms with Crippen molar-refractivity contribution in [2.24, 2.45) is 0 Å². The fourth-order valence-electron chi connectivity index (χ4n) is 3.22. The highest BCUT2D eigenvalue weighted by atomic mass is 16.3. The molecule has 0 radical (unpaired) electrons. The third kappa shape index (κ3) is 1.57. The average molecular weight is 217 g/mol. The van der Waals surface area contributed by atoms with Crippen molar-refractivity contribution in [1.82, 2.24) is 4.90 Å². The maximum atomic E-state index is 9.06. The number of piperidine rings is 3. The van der Waals surface area contributed by atoms with Crippen molar-refractivity contribution in [1.29, 1.82) is 0 Å². The predicted molar refractivity (Wildman–Crippen MR) is 64.3 cm³/mol. The molecule has 3 fully saturated rings. The number of aliphatic hydroxyl groups excluding tert-OH is 1. The van der Waals surface area contributed by atoms with Crippen LogP contribution in [0.5, 0.6) is 0 Å². The second kappa shape index (κ2) is 3.86. The lowest BCUT2D eigenvalue weighted by Crippen LogP contribution is -2.50. The molecule has 0 spiro atoms. The zero-order chi connectivity index (χ0) is 11.0. The maximum Gasteiger partial charge on any atom is 0.0681 e. The van der Waals surface area contributed by atoms with E-state index in [4.69, 9.17) is 5.11 Å². The van der Waals surface area contributed by atoms with Gasteiger partial charge in [0.2, 0.25) is 0 Å². The van der Waals surface area contributed by atoms with Gasteiger partial charge < -0.3 is 10.0 Å². The molecule has 0 saturated carbocycles. The fraction of sp³-hybridized carbons (Fsp3) is 0.571. The van der Waals surface area contributed by atoms with E-state index in [1.165, 1.54) is 44.5 Å². The van der Waals surface area contributed by atoms with Gasteiger partial charge in [0.15, 0.2) is 0 Å². The lowest BCUT2D eigenvalue weighted by molar-refractivity contribution is 0.0817. The Bertz CT molecular complexity index is 349. The van der Waals surface area contributed by atoms with Gasteiger partial charge in [-0.2, -0.15) is 0 Å². The Labute approximate surface area is 96.9 Å². The van der Waals surface area contributed by atoms with Gasteiger partial charge in [-0.3, -0.25) is 0 Å². The Balaban J connectivity index is 1.89. The maximum absolute atomic E-state index is 9.06. The van der Waals surface area contributed by atoms with E-state index < -0.39 is 0 Å². The number of rotatable bonds is 2. The quantitative estimate of drug-likeness (QED) is 0.818. The second-order valence-electron chi connectivity index (χ2n) is 5.23. The minimum Gasteiger partial charge on any atom is -0.392 e. The van der Waals surface area contributed by atoms with Gasteiger partial charge in [0.05, 0.1) is 6.61 Å². The molecule has 0 aliphatic carbocycles. The van der Waals surface area contributed by atoms with Crippen LogP contribution < -0.4 is 0 Å². The smallest absolute Gasteiger partial charge is 0.0681 e. The number of hydrogen-bond donors (Lipinski definition) is 1. The van der Waals surface area contributed by atoms with Crippen LogP contribution in [0.1, 0.15) is 30.4 Å². The Morgan fingerprint density at radius 2 is 1.56 bits per heavy atom. The zero-order valence-electron chi connectivity index (χ0n) is 9.65. The molecule has 4 rings (SSSR count). The highest BCUT2D eigenvalue weighted by Gasteiger charge is 2.40. The van der Waals surface area contributed by atoms with Crippen molar-refractivity contribution < 1.29 is 5.11 Å². The van der Waals surface area contributed by atoms with Crippen molar-refractivity contribution in [2.45, 2.75) is 31.3 Å². The predicted octanol–water partition coefficient (Wildman–Crippen LogP) is 1.92. The van der Waals surface area contributed by atoms with Gasteiger partial charge in [-0.25, -0.2) is 0 Å². The normalized spacial score (nSPS) is 32.9. The molecule has 0 unspecified atom stereocenters. The number of benzene rings is 1. The van der Waals surface area contributed by atoms with E-state index in [-0.39, 0.29) is 6.61 Å². The first kappa shape index (κ1) is 10.3. The molecule has 1 aromatic rings. The lowest BCUT2D eigenvalue weighted by atomic mass is 9.67. The first-order chi connectivity index (χ1) is 7.82. The Morgan fingerprint density at radius 1 is 1.00 bits per heavy atom. The van der Waals surface area contributed by atoms with Gasteiger partial charge in [-0.1, -0.05) is 24.3 Å². The molecule has 2 nitrogen and oxygen atoms in total. The molecule has 3 heterocycles. The molecular weight excluding hydrogens is 198 g/mol. The van der Waals surface area contributed by atoms with E-state index in [1.807, 2.05) is 0 Å². The number of aliphatic hydroxyl groups is 1. The Morgan fingerprint density at radius 3 is 2.06 bits per heavy atom. The zero-order valence-corrected chi connectivity index (χ0v) is 9.65. The largest absolute Gasteiger partial charge is 0.392 e. The van der Waals surface area contributed by atoms with Crippen molar-refractivity contribution >= 4 is 0 Å². The van der Waals surface area contributed by atoms with Gasteiger partial charge in [-0.05, 0) is 55.4 Å². The van der Waals surface area contributed by atoms with Crippen LogP contribution in [0.15, 0.2) is 24.3 Å². The number of nitrogens with zero attached hydrogens (tertiary/aromatic N) is 1. The average Bonchev–Trinajstić information content (AvgIpc) is 2.41. The summed E-state index contributed by atoms with van der Waals surface area (Å²) in [4.78, 5) is 2.57. The summed E-state index contributed by atoms with van der Waals surface area (Å²) < 4.78 is 0. The van der Waals surface area contributed by atoms with Crippen molar-refractivity contribution in [3.8, 4) is 0 Å². The van der Waals surface area contributed by atoms with Crippen LogP contribution in [0.25, 0.3) is 0 Å². The van der Waals surface area contributed by atoms with Crippen LogP contribution in [0, 0.1) is 0 Å². The summed E-state index contributed by atoms with van der Waals surface area (Å²) >= 11 is 0. The summed E-state index contributed by atoms with van der Waals surface area (Å²) in [5, 5.41) is 9.06. The van der Waals surface area contributed by atoms with Gasteiger partial charge in [-0.15, -0.1) is 0 Å². The molecule has 3 saturated heterocycles. The topological polar surface area (TPSA) is 23.5 Å². The summed E-state index contributed by atoms with van der Waals surface area (Å²) in [5.41, 5.74) is 2.96. The highest BCUT2D eigenvalue weighted by Crippen LogP contribution is 2.42. The van der Waals surface area contributed by atoms with Gasteiger partial charge in [0, 0.05) is 0 Å². The van der Waals surface area contributed by atoms with Crippen LogP contribution >= 0.6 is 0 Å². The molecule has 0 atom stereocenters. The second-order valence-corrected chi connectivity index (χ2v) is 5.23. The standard InChI is InChI=1S/C14H19NO/c16-11-12-1-3-13(4-2-12)14-5-8-15(9-6-14)10-7-14/h1-4,16H,5-11H2. The lowest BCUT2D eigenvalue weighted by Gasteiger charge is -2.48. The molecule has 1 aromatic carbocycles. The van der Waals surface area contributed by atoms with E-state index in [2.05, 4.69) is 29.2 Å². The summed E-state index contributed by atoms with van der Waals surface area (Å²) in [6, 6.07) is 8.61. The van der Waals surface area contributed by atoms with E-state index in [0.717, 1.165) is 5.56 Å². The van der Waals surface area contributed by atoms with Crippen LogP contribution in [-0.2, 0) is 12.0 Å². The van der Waals surface area contributed by atoms with E-state index in [1.54, 1.807) is 0 Å². The Kier molecular flexibility index (Phi) is 2.49. The monoisotopic (exact) mass is 217 g/mol. The fourth-order valence-corrected chi connectivity index (χ4v) is 3.22. The van der Waals surface area contributed by atoms with Crippen LogP contribution in [0.4, 0.5) is 0 Å². The van der Waals surface area contributed by atoms with E-state index >= 15 is 0 Å². The van der Waals surface area contributed by atoms with Crippen LogP contribution in [-0.4, -0.2) is 29.6 Å². The summed E-state index contributed by atoms with van der Waals surface area (Å²) in [6.07, 6.45) is 3.93. The molecule has 3 aliphatic rings. The van der Waals surface area contributed by atoms with Crippen molar-refractivity contribution in [3.63, 3.8) is 0 Å². The van der Waals surface area contributed by atoms with Crippen LogP contribution in [0.3, 0.4) is 0 Å². The highest BCUT2D eigenvalue weighted by molar-refractivity contribution is 5.30. The molecule has 3 aliphatic heterocycles. The minimum atomic E-state index is 0.154. The van der Waals surface area contributed by atoms with Gasteiger partial charge >= 0.3 is 0 Å². The SMILES string of the molecule is OCc1ccc(C23CCN(CC2)CC3)cc1. The van der Waals surface area contributed by atoms with Crippen molar-refractivity contribution in [3.05, 3.63) is 35.4 Å². The molecule has 2 bridgehead atoms. The molecule has 0 aromatic heterocycles. The van der Waals surface area contributed by atoms with E-state index in [9.17, 15) is 0 Å². The molecule has 0 amide bonds. The van der Waals surface area contributed by atoms with Crippen LogP contribution in [0.2, 0.25) is 0 Å². The first-order valence-electron chi connectivity index (χ1n) is 6.25. The Hall–Kier alpha value is -0.860. The van der Waals surface area contributed by atoms with Gasteiger partial charge in [0.25, 0.3) is 0 Å². The molecule has 86 valence electrons. The summed E-state index contributed by atoms with van der Waals surface area (Å²) in [7, 11) is 0. The third-order valence-corrected chi connectivity index (χ3v) is 4.47. The van der Waals surface area contributed by atoms with E-state index in [0.29, 0.717) is 5.41 Å². The van der Waals surface area contributed by atoms with Gasteiger partial charge in [0.1, 0.15) is 0 Å². The number of fused-ring (bicyclic) bond motifs is 3. The molecule has 2 heteroatoms. The summed E-state index contributed by atoms with van der Waals surface area (Å²) in [6.45, 7) is 3.95. The third-order valence-electron chi connectivity index (χ3n) is 4.47. The van der Waals surface area contributed by atoms with Crippen molar-refractivity contribution in [2.75, 3.05) is 19.6 Å². The number of hydrogen-bond acceptors (Lipinski definition) is 2. The summed E-state index contributed by atoms with van der Waals surface area (Å²) in [5.74, 6) is 0.